The lowest BCUT2D eigenvalue weighted by Gasteiger charge is -2.12. The van der Waals surface area contributed by atoms with Crippen molar-refractivity contribution in [3.8, 4) is 0 Å². The maximum absolute atomic E-state index is 11.7. The highest BCUT2D eigenvalue weighted by atomic mass is 79.9. The summed E-state index contributed by atoms with van der Waals surface area (Å²) in [5, 5.41) is 2.74. The normalized spacial score (nSPS) is 12.2. The molecule has 0 saturated heterocycles. The number of pyridine rings is 1. The molecule has 0 spiro atoms. The van der Waals surface area contributed by atoms with E-state index in [9.17, 15) is 4.79 Å². The Morgan fingerprint density at radius 1 is 1.73 bits per heavy atom. The minimum Gasteiger partial charge on any atom is -0.330 e. The third-order valence-electron chi connectivity index (χ3n) is 2.15. The molecule has 5 heteroatoms. The molecule has 0 aliphatic heterocycles. The lowest BCUT2D eigenvalue weighted by Crippen LogP contribution is -2.29. The van der Waals surface area contributed by atoms with E-state index in [0.717, 1.165) is 10.9 Å². The third-order valence-corrected chi connectivity index (χ3v) is 2.79. The van der Waals surface area contributed by atoms with Crippen LogP contribution in [0.1, 0.15) is 13.3 Å². The van der Waals surface area contributed by atoms with Crippen molar-refractivity contribution in [1.29, 1.82) is 0 Å². The van der Waals surface area contributed by atoms with Gasteiger partial charge in [-0.1, -0.05) is 6.92 Å². The number of rotatable bonds is 4. The minimum absolute atomic E-state index is 0.0839. The standard InChI is InChI=1S/C10H14BrN3O/c1-2-7(6-12)10(15)14-9-8(11)4-3-5-13-9/h3-5,7H,2,6,12H2,1H3,(H,13,14,15). The number of nitrogens with one attached hydrogen (secondary N) is 1. The summed E-state index contributed by atoms with van der Waals surface area (Å²) in [5.74, 6) is 0.299. The maximum Gasteiger partial charge on any atom is 0.229 e. The van der Waals surface area contributed by atoms with E-state index >= 15 is 0 Å². The molecule has 15 heavy (non-hydrogen) atoms. The van der Waals surface area contributed by atoms with Crippen molar-refractivity contribution >= 4 is 27.7 Å². The molecule has 4 nitrogen and oxygen atoms in total. The number of hydrogen-bond donors (Lipinski definition) is 2. The number of anilines is 1. The molecule has 1 aromatic heterocycles. The van der Waals surface area contributed by atoms with Crippen LogP contribution in [0.5, 0.6) is 0 Å². The first kappa shape index (κ1) is 12.1. The van der Waals surface area contributed by atoms with Crippen LogP contribution in [0.25, 0.3) is 0 Å². The molecule has 1 amide bonds. The highest BCUT2D eigenvalue weighted by Crippen LogP contribution is 2.19. The van der Waals surface area contributed by atoms with Gasteiger partial charge in [-0.25, -0.2) is 4.98 Å². The summed E-state index contributed by atoms with van der Waals surface area (Å²) in [6, 6.07) is 3.62. The molecule has 82 valence electrons. The molecule has 3 N–H and O–H groups in total. The van der Waals surface area contributed by atoms with Crippen LogP contribution in [0.3, 0.4) is 0 Å². The van der Waals surface area contributed by atoms with Gasteiger partial charge in [-0.2, -0.15) is 0 Å². The molecule has 0 saturated carbocycles. The van der Waals surface area contributed by atoms with Crippen molar-refractivity contribution in [2.75, 3.05) is 11.9 Å². The van der Waals surface area contributed by atoms with Gasteiger partial charge in [0.15, 0.2) is 0 Å². The van der Waals surface area contributed by atoms with Gasteiger partial charge in [0.1, 0.15) is 5.82 Å². The van der Waals surface area contributed by atoms with Crippen LogP contribution in [-0.2, 0) is 4.79 Å². The Bertz CT molecular complexity index is 339. The maximum atomic E-state index is 11.7. The van der Waals surface area contributed by atoms with Gasteiger partial charge in [0.25, 0.3) is 0 Å². The fourth-order valence-corrected chi connectivity index (χ4v) is 1.51. The van der Waals surface area contributed by atoms with E-state index in [1.165, 1.54) is 0 Å². The highest BCUT2D eigenvalue weighted by molar-refractivity contribution is 9.10. The third kappa shape index (κ3) is 3.28. The van der Waals surface area contributed by atoms with E-state index in [2.05, 4.69) is 26.2 Å². The van der Waals surface area contributed by atoms with Gasteiger partial charge < -0.3 is 11.1 Å². The zero-order chi connectivity index (χ0) is 11.3. The molecular formula is C10H14BrN3O. The number of halogens is 1. The molecule has 0 fully saturated rings. The van der Waals surface area contributed by atoms with Gasteiger partial charge in [0.05, 0.1) is 10.4 Å². The Labute approximate surface area is 97.4 Å². The number of carbonyl (C=O) groups excluding carboxylic acids is 1. The summed E-state index contributed by atoms with van der Waals surface area (Å²) < 4.78 is 0.769. The van der Waals surface area contributed by atoms with Gasteiger partial charge in [-0.05, 0) is 34.5 Å². The Hall–Kier alpha value is -0.940. The molecule has 1 rings (SSSR count). The highest BCUT2D eigenvalue weighted by Gasteiger charge is 2.15. The number of carbonyl (C=O) groups is 1. The lowest BCUT2D eigenvalue weighted by molar-refractivity contribution is -0.119. The SMILES string of the molecule is CCC(CN)C(=O)Nc1ncccc1Br. The largest absolute Gasteiger partial charge is 0.330 e. The lowest BCUT2D eigenvalue weighted by atomic mass is 10.1. The van der Waals surface area contributed by atoms with Crippen molar-refractivity contribution < 1.29 is 4.79 Å². The van der Waals surface area contributed by atoms with Crippen molar-refractivity contribution in [2.45, 2.75) is 13.3 Å². The molecule has 1 unspecified atom stereocenters. The predicted molar refractivity (Wildman–Crippen MR) is 63.4 cm³/mol. The first-order valence-corrected chi connectivity index (χ1v) is 5.59. The number of nitrogens with two attached hydrogens (primary N) is 1. The fraction of sp³-hybridized carbons (Fsp3) is 0.400. The Morgan fingerprint density at radius 3 is 3.00 bits per heavy atom. The van der Waals surface area contributed by atoms with Crippen LogP contribution in [0, 0.1) is 5.92 Å². The molecule has 0 aliphatic carbocycles. The van der Waals surface area contributed by atoms with Crippen molar-refractivity contribution in [3.63, 3.8) is 0 Å². The molecular weight excluding hydrogens is 258 g/mol. The smallest absolute Gasteiger partial charge is 0.229 e. The van der Waals surface area contributed by atoms with Crippen molar-refractivity contribution in [2.24, 2.45) is 11.7 Å². The van der Waals surface area contributed by atoms with Crippen LogP contribution in [-0.4, -0.2) is 17.4 Å². The van der Waals surface area contributed by atoms with E-state index in [1.807, 2.05) is 13.0 Å². The Balaban J connectivity index is 2.70. The second kappa shape index (κ2) is 5.82. The summed E-state index contributed by atoms with van der Waals surface area (Å²) >= 11 is 3.31. The molecule has 1 atom stereocenters. The van der Waals surface area contributed by atoms with Gasteiger partial charge in [-0.15, -0.1) is 0 Å². The quantitative estimate of drug-likeness (QED) is 0.877. The first-order valence-electron chi connectivity index (χ1n) is 4.80. The Kier molecular flexibility index (Phi) is 4.71. The zero-order valence-corrected chi connectivity index (χ0v) is 10.1. The molecule has 1 aromatic rings. The van der Waals surface area contributed by atoms with Gasteiger partial charge in [0.2, 0.25) is 5.91 Å². The minimum atomic E-state index is -0.154. The van der Waals surface area contributed by atoms with Gasteiger partial charge >= 0.3 is 0 Å². The number of hydrogen-bond acceptors (Lipinski definition) is 3. The van der Waals surface area contributed by atoms with Crippen LogP contribution in [0.15, 0.2) is 22.8 Å². The van der Waals surface area contributed by atoms with Crippen LogP contribution >= 0.6 is 15.9 Å². The molecule has 0 bridgehead atoms. The van der Waals surface area contributed by atoms with Gasteiger partial charge in [-0.3, -0.25) is 4.79 Å². The van der Waals surface area contributed by atoms with Crippen LogP contribution in [0.4, 0.5) is 5.82 Å². The van der Waals surface area contributed by atoms with Crippen molar-refractivity contribution in [1.82, 2.24) is 4.98 Å². The number of nitrogens with zero attached hydrogens (tertiary/aromatic N) is 1. The summed E-state index contributed by atoms with van der Waals surface area (Å²) in [7, 11) is 0. The zero-order valence-electron chi connectivity index (χ0n) is 8.53. The summed E-state index contributed by atoms with van der Waals surface area (Å²) in [5.41, 5.74) is 5.48. The Morgan fingerprint density at radius 2 is 2.47 bits per heavy atom. The average Bonchev–Trinajstić information content (AvgIpc) is 2.23. The predicted octanol–water partition coefficient (Wildman–Crippen LogP) is 1.77. The van der Waals surface area contributed by atoms with Crippen molar-refractivity contribution in [3.05, 3.63) is 22.8 Å². The fourth-order valence-electron chi connectivity index (χ4n) is 1.16. The molecule has 0 aromatic carbocycles. The second-order valence-corrected chi connectivity index (χ2v) is 4.02. The average molecular weight is 272 g/mol. The topological polar surface area (TPSA) is 68.0 Å². The summed E-state index contributed by atoms with van der Waals surface area (Å²) in [6.07, 6.45) is 2.36. The number of amides is 1. The second-order valence-electron chi connectivity index (χ2n) is 3.16. The van der Waals surface area contributed by atoms with Crippen LogP contribution < -0.4 is 11.1 Å². The van der Waals surface area contributed by atoms with E-state index in [-0.39, 0.29) is 11.8 Å². The summed E-state index contributed by atoms with van der Waals surface area (Å²) in [6.45, 7) is 2.29. The van der Waals surface area contributed by atoms with E-state index < -0.39 is 0 Å². The van der Waals surface area contributed by atoms with E-state index in [0.29, 0.717) is 12.4 Å². The monoisotopic (exact) mass is 271 g/mol. The first-order chi connectivity index (χ1) is 7.19. The van der Waals surface area contributed by atoms with Crippen LogP contribution in [0.2, 0.25) is 0 Å². The molecule has 1 heterocycles. The summed E-state index contributed by atoms with van der Waals surface area (Å²) in [4.78, 5) is 15.7. The number of aromatic nitrogens is 1. The van der Waals surface area contributed by atoms with E-state index in [1.54, 1.807) is 12.3 Å². The molecule has 0 radical (unpaired) electrons. The molecule has 0 aliphatic rings. The van der Waals surface area contributed by atoms with E-state index in [4.69, 9.17) is 5.73 Å². The van der Waals surface area contributed by atoms with Gasteiger partial charge in [0, 0.05) is 12.7 Å².